The molecule has 2 heterocycles. The van der Waals surface area contributed by atoms with Crippen LogP contribution in [0.3, 0.4) is 0 Å². The summed E-state index contributed by atoms with van der Waals surface area (Å²) in [5.74, 6) is 0.560. The molecule has 0 saturated carbocycles. The van der Waals surface area contributed by atoms with Crippen LogP contribution in [0.1, 0.15) is 17.5 Å². The molecule has 26 heavy (non-hydrogen) atoms. The zero-order valence-corrected chi connectivity index (χ0v) is 14.2. The van der Waals surface area contributed by atoms with Crippen LogP contribution in [0.15, 0.2) is 36.4 Å². The highest BCUT2D eigenvalue weighted by molar-refractivity contribution is 6.35. The molecule has 132 valence electrons. The molecule has 5 rings (SSSR count). The van der Waals surface area contributed by atoms with Gasteiger partial charge in [0.25, 0.3) is 0 Å². The number of ether oxygens (including phenoxy) is 2. The minimum Gasteiger partial charge on any atom is -0.395 e. The van der Waals surface area contributed by atoms with Gasteiger partial charge in [-0.05, 0) is 60.7 Å². The number of anilines is 2. The Morgan fingerprint density at radius 1 is 1.04 bits per heavy atom. The molecule has 0 bridgehead atoms. The van der Waals surface area contributed by atoms with Gasteiger partial charge in [0.1, 0.15) is 5.82 Å². The van der Waals surface area contributed by atoms with Gasteiger partial charge in [-0.1, -0.05) is 11.6 Å². The lowest BCUT2D eigenvalue weighted by molar-refractivity contribution is -0.286. The van der Waals surface area contributed by atoms with Crippen LogP contribution in [0.4, 0.5) is 20.3 Å². The van der Waals surface area contributed by atoms with Crippen molar-refractivity contribution in [3.05, 3.63) is 52.5 Å². The minimum absolute atomic E-state index is 0.00521. The Balaban J connectivity index is 1.49. The van der Waals surface area contributed by atoms with Crippen molar-refractivity contribution in [3.63, 3.8) is 0 Å². The zero-order valence-electron chi connectivity index (χ0n) is 13.5. The third-order valence-electron chi connectivity index (χ3n) is 4.68. The van der Waals surface area contributed by atoms with Crippen LogP contribution in [0.25, 0.3) is 10.9 Å². The van der Waals surface area contributed by atoms with Gasteiger partial charge in [0.15, 0.2) is 11.5 Å². The zero-order chi connectivity index (χ0) is 17.9. The van der Waals surface area contributed by atoms with E-state index in [4.69, 9.17) is 11.6 Å². The number of hydrogen-bond acceptors (Lipinski definition) is 4. The fourth-order valence-corrected chi connectivity index (χ4v) is 3.86. The van der Waals surface area contributed by atoms with Crippen molar-refractivity contribution in [2.24, 2.45) is 0 Å². The quantitative estimate of drug-likeness (QED) is 0.648. The highest BCUT2D eigenvalue weighted by Gasteiger charge is 2.43. The monoisotopic (exact) mass is 374 g/mol. The number of pyridine rings is 1. The highest BCUT2D eigenvalue weighted by Crippen LogP contribution is 2.42. The molecule has 0 radical (unpaired) electrons. The molecule has 7 heteroatoms. The summed E-state index contributed by atoms with van der Waals surface area (Å²) in [5, 5.41) is 4.79. The first-order chi connectivity index (χ1) is 12.5. The SMILES string of the molecule is FC1(F)Oc2ccc(Nc3ccc4c5c(cc(Cl)c4n3)CCC5)cc2O1. The van der Waals surface area contributed by atoms with Gasteiger partial charge in [0, 0.05) is 17.1 Å². The van der Waals surface area contributed by atoms with Crippen molar-refractivity contribution in [1.82, 2.24) is 4.98 Å². The van der Waals surface area contributed by atoms with E-state index in [0.717, 1.165) is 30.2 Å². The molecule has 2 aliphatic rings. The van der Waals surface area contributed by atoms with Crippen molar-refractivity contribution < 1.29 is 18.3 Å². The number of halogens is 3. The highest BCUT2D eigenvalue weighted by atomic mass is 35.5. The van der Waals surface area contributed by atoms with Crippen LogP contribution >= 0.6 is 11.6 Å². The molecule has 0 amide bonds. The van der Waals surface area contributed by atoms with Gasteiger partial charge < -0.3 is 14.8 Å². The van der Waals surface area contributed by atoms with Gasteiger partial charge in [0.05, 0.1) is 10.5 Å². The van der Waals surface area contributed by atoms with E-state index in [2.05, 4.69) is 19.8 Å². The second kappa shape index (κ2) is 5.45. The van der Waals surface area contributed by atoms with Gasteiger partial charge in [-0.2, -0.15) is 0 Å². The van der Waals surface area contributed by atoms with E-state index >= 15 is 0 Å². The maximum absolute atomic E-state index is 13.1. The number of aryl methyl sites for hydroxylation is 2. The molecule has 0 spiro atoms. The Labute approximate surface area is 152 Å². The van der Waals surface area contributed by atoms with E-state index in [1.54, 1.807) is 6.07 Å². The number of rotatable bonds is 2. The van der Waals surface area contributed by atoms with Crippen molar-refractivity contribution in [2.75, 3.05) is 5.32 Å². The summed E-state index contributed by atoms with van der Waals surface area (Å²) >= 11 is 6.41. The first kappa shape index (κ1) is 15.6. The maximum Gasteiger partial charge on any atom is 0.586 e. The summed E-state index contributed by atoms with van der Waals surface area (Å²) in [6, 6.07) is 10.4. The molecule has 1 N–H and O–H groups in total. The molecule has 1 aliphatic heterocycles. The van der Waals surface area contributed by atoms with Crippen molar-refractivity contribution in [2.45, 2.75) is 25.6 Å². The minimum atomic E-state index is -3.63. The Morgan fingerprint density at radius 3 is 2.77 bits per heavy atom. The number of fused-ring (bicyclic) bond motifs is 4. The lowest BCUT2D eigenvalue weighted by Crippen LogP contribution is -2.25. The van der Waals surface area contributed by atoms with Crippen LogP contribution in [0, 0.1) is 0 Å². The second-order valence-electron chi connectivity index (χ2n) is 6.40. The Kier molecular flexibility index (Phi) is 3.28. The van der Waals surface area contributed by atoms with E-state index < -0.39 is 6.29 Å². The number of aromatic nitrogens is 1. The van der Waals surface area contributed by atoms with Crippen molar-refractivity contribution in [3.8, 4) is 11.5 Å². The molecule has 1 aromatic heterocycles. The van der Waals surface area contributed by atoms with Crippen molar-refractivity contribution in [1.29, 1.82) is 0 Å². The van der Waals surface area contributed by atoms with E-state index in [9.17, 15) is 8.78 Å². The van der Waals surface area contributed by atoms with Crippen LogP contribution < -0.4 is 14.8 Å². The molecule has 3 aromatic rings. The average molecular weight is 375 g/mol. The van der Waals surface area contributed by atoms with Gasteiger partial charge in [-0.3, -0.25) is 0 Å². The Hall–Kier alpha value is -2.60. The number of benzene rings is 2. The Bertz CT molecular complexity index is 1060. The third-order valence-corrected chi connectivity index (χ3v) is 4.97. The number of hydrogen-bond donors (Lipinski definition) is 1. The topological polar surface area (TPSA) is 43.4 Å². The van der Waals surface area contributed by atoms with Gasteiger partial charge in [-0.25, -0.2) is 4.98 Å². The fourth-order valence-electron chi connectivity index (χ4n) is 3.58. The molecule has 2 aromatic carbocycles. The van der Waals surface area contributed by atoms with Crippen LogP contribution in [-0.2, 0) is 12.8 Å². The summed E-state index contributed by atoms with van der Waals surface area (Å²) in [7, 11) is 0. The van der Waals surface area contributed by atoms with E-state index in [-0.39, 0.29) is 11.5 Å². The van der Waals surface area contributed by atoms with E-state index in [1.807, 2.05) is 18.2 Å². The maximum atomic E-state index is 13.1. The molecule has 0 atom stereocenters. The molecule has 0 fully saturated rings. The fraction of sp³-hybridized carbons (Fsp3) is 0.211. The standard InChI is InChI=1S/C19H13ClF2N2O2/c20-14-8-10-2-1-3-12(10)13-5-7-17(24-18(13)14)23-11-4-6-15-16(9-11)26-19(21,22)25-15/h4-9H,1-3H2,(H,23,24). The number of alkyl halides is 2. The first-order valence-corrected chi connectivity index (χ1v) is 8.64. The van der Waals surface area contributed by atoms with Gasteiger partial charge in [-0.15, -0.1) is 8.78 Å². The van der Waals surface area contributed by atoms with E-state index in [1.165, 1.54) is 23.3 Å². The van der Waals surface area contributed by atoms with Crippen LogP contribution in [-0.4, -0.2) is 11.3 Å². The molecule has 0 saturated heterocycles. The number of nitrogens with zero attached hydrogens (tertiary/aromatic N) is 1. The molecule has 4 nitrogen and oxygen atoms in total. The summed E-state index contributed by atoms with van der Waals surface area (Å²) in [5.41, 5.74) is 3.91. The first-order valence-electron chi connectivity index (χ1n) is 8.26. The molecular formula is C19H13ClF2N2O2. The van der Waals surface area contributed by atoms with Crippen molar-refractivity contribution >= 4 is 34.0 Å². The third kappa shape index (κ3) is 2.52. The van der Waals surface area contributed by atoms with Gasteiger partial charge >= 0.3 is 6.29 Å². The van der Waals surface area contributed by atoms with E-state index in [0.29, 0.717) is 16.5 Å². The predicted octanol–water partition coefficient (Wildman–Crippen LogP) is 5.44. The summed E-state index contributed by atoms with van der Waals surface area (Å²) < 4.78 is 35.1. The normalized spacial score (nSPS) is 16.7. The largest absolute Gasteiger partial charge is 0.586 e. The molecule has 0 unspecified atom stereocenters. The summed E-state index contributed by atoms with van der Waals surface area (Å²) in [6.07, 6.45) is -0.413. The Morgan fingerprint density at radius 2 is 1.88 bits per heavy atom. The van der Waals surface area contributed by atoms with Crippen LogP contribution in [0.2, 0.25) is 5.02 Å². The van der Waals surface area contributed by atoms with Gasteiger partial charge in [0.2, 0.25) is 0 Å². The lowest BCUT2D eigenvalue weighted by Gasteiger charge is -2.11. The molecular weight excluding hydrogens is 362 g/mol. The summed E-state index contributed by atoms with van der Waals surface area (Å²) in [4.78, 5) is 4.61. The smallest absolute Gasteiger partial charge is 0.395 e. The predicted molar refractivity (Wildman–Crippen MR) is 94.7 cm³/mol. The summed E-state index contributed by atoms with van der Waals surface area (Å²) in [6.45, 7) is 0. The lowest BCUT2D eigenvalue weighted by atomic mass is 10.0. The second-order valence-corrected chi connectivity index (χ2v) is 6.80. The number of nitrogens with one attached hydrogen (secondary N) is 1. The van der Waals surface area contributed by atoms with Crippen LogP contribution in [0.5, 0.6) is 11.5 Å². The average Bonchev–Trinajstić information content (AvgIpc) is 3.17. The molecule has 1 aliphatic carbocycles.